The molecule has 0 aliphatic carbocycles. The molecule has 3 aromatic rings. The van der Waals surface area contributed by atoms with Gasteiger partial charge in [0.2, 0.25) is 0 Å². The molecular formula is C29H34ClNO3. The van der Waals surface area contributed by atoms with E-state index in [4.69, 9.17) is 26.1 Å². The summed E-state index contributed by atoms with van der Waals surface area (Å²) in [5.74, 6) is 0.469. The van der Waals surface area contributed by atoms with E-state index in [1.807, 2.05) is 71.9 Å². The average molecular weight is 480 g/mol. The molecule has 0 aliphatic rings. The highest BCUT2D eigenvalue weighted by Gasteiger charge is 2.24. The maximum Gasteiger partial charge on any atom is 0.311 e. The average Bonchev–Trinajstić information content (AvgIpc) is 2.73. The second-order valence-corrected chi connectivity index (χ2v) is 11.0. The summed E-state index contributed by atoms with van der Waals surface area (Å²) in [6.07, 6.45) is 2.30. The van der Waals surface area contributed by atoms with Crippen molar-refractivity contribution >= 4 is 34.5 Å². The van der Waals surface area contributed by atoms with Crippen LogP contribution in [0.1, 0.15) is 58.4 Å². The zero-order chi connectivity index (χ0) is 25.3. The van der Waals surface area contributed by atoms with Crippen LogP contribution in [0, 0.1) is 12.3 Å². The highest BCUT2D eigenvalue weighted by Crippen LogP contribution is 2.38. The Balaban J connectivity index is 2.20. The van der Waals surface area contributed by atoms with Crippen molar-refractivity contribution < 1.29 is 14.3 Å². The molecule has 180 valence electrons. The lowest BCUT2D eigenvalue weighted by molar-refractivity contribution is -0.152. The summed E-state index contributed by atoms with van der Waals surface area (Å²) in [4.78, 5) is 17.2. The molecule has 34 heavy (non-hydrogen) atoms. The molecule has 0 bridgehead atoms. The molecule has 4 nitrogen and oxygen atoms in total. The molecule has 1 aromatic heterocycles. The highest BCUT2D eigenvalue weighted by atomic mass is 35.5. The molecule has 0 amide bonds. The Morgan fingerprint density at radius 3 is 2.29 bits per heavy atom. The Morgan fingerprint density at radius 1 is 1.09 bits per heavy atom. The lowest BCUT2D eigenvalue weighted by Crippen LogP contribution is -2.24. The molecule has 2 aromatic carbocycles. The third-order valence-electron chi connectivity index (χ3n) is 5.39. The van der Waals surface area contributed by atoms with Crippen LogP contribution in [0.25, 0.3) is 28.1 Å². The van der Waals surface area contributed by atoms with Gasteiger partial charge in [-0.05, 0) is 101 Å². The Hall–Kier alpha value is -2.85. The number of esters is 1. The van der Waals surface area contributed by atoms with Crippen molar-refractivity contribution in [2.75, 3.05) is 6.61 Å². The van der Waals surface area contributed by atoms with Crippen LogP contribution < -0.4 is 4.74 Å². The number of fused-ring (bicyclic) bond motifs is 1. The second-order valence-electron chi connectivity index (χ2n) is 10.5. The van der Waals surface area contributed by atoms with Gasteiger partial charge in [-0.2, -0.15) is 0 Å². The standard InChI is InChI=1S/C29H34ClNO3/c1-9-23-25(34-29(6,7)8)17-22-24(31-23)16-18(2)21(14-15-33-27(32)28(3,4)5)26(22)19-10-12-20(30)13-11-19/h9-13,16-17H,1,14-15H2,2-8H3. The maximum absolute atomic E-state index is 12.3. The summed E-state index contributed by atoms with van der Waals surface area (Å²) < 4.78 is 11.8. The molecule has 0 fully saturated rings. The zero-order valence-corrected chi connectivity index (χ0v) is 22.0. The summed E-state index contributed by atoms with van der Waals surface area (Å²) in [6.45, 7) is 17.9. The van der Waals surface area contributed by atoms with Crippen molar-refractivity contribution in [2.45, 2.75) is 60.5 Å². The van der Waals surface area contributed by atoms with E-state index in [0.717, 1.165) is 33.2 Å². The number of halogens is 1. The van der Waals surface area contributed by atoms with Crippen LogP contribution >= 0.6 is 11.6 Å². The van der Waals surface area contributed by atoms with Gasteiger partial charge in [0.05, 0.1) is 17.5 Å². The summed E-state index contributed by atoms with van der Waals surface area (Å²) in [7, 11) is 0. The normalized spacial score (nSPS) is 12.0. The van der Waals surface area contributed by atoms with Crippen LogP contribution in [-0.4, -0.2) is 23.2 Å². The van der Waals surface area contributed by atoms with Gasteiger partial charge >= 0.3 is 5.97 Å². The van der Waals surface area contributed by atoms with E-state index in [0.29, 0.717) is 29.5 Å². The molecule has 0 aliphatic heterocycles. The van der Waals surface area contributed by atoms with Gasteiger partial charge in [0.25, 0.3) is 0 Å². The van der Waals surface area contributed by atoms with Gasteiger partial charge in [0, 0.05) is 16.8 Å². The number of nitrogens with zero attached hydrogens (tertiary/aromatic N) is 1. The number of aryl methyl sites for hydroxylation is 1. The van der Waals surface area contributed by atoms with E-state index in [9.17, 15) is 4.79 Å². The number of hydrogen-bond acceptors (Lipinski definition) is 4. The fourth-order valence-electron chi connectivity index (χ4n) is 3.77. The lowest BCUT2D eigenvalue weighted by Gasteiger charge is -2.24. The zero-order valence-electron chi connectivity index (χ0n) is 21.2. The van der Waals surface area contributed by atoms with E-state index >= 15 is 0 Å². The van der Waals surface area contributed by atoms with Gasteiger partial charge in [-0.3, -0.25) is 4.79 Å². The molecule has 0 N–H and O–H groups in total. The predicted molar refractivity (Wildman–Crippen MR) is 142 cm³/mol. The fraction of sp³-hybridized carbons (Fsp3) is 0.379. The first-order chi connectivity index (χ1) is 15.8. The Morgan fingerprint density at radius 2 is 1.74 bits per heavy atom. The van der Waals surface area contributed by atoms with E-state index in [2.05, 4.69) is 19.6 Å². The molecular weight excluding hydrogens is 446 g/mol. The van der Waals surface area contributed by atoms with Crippen molar-refractivity contribution in [3.05, 3.63) is 64.8 Å². The predicted octanol–water partition coefficient (Wildman–Crippen LogP) is 7.82. The Bertz CT molecular complexity index is 1220. The van der Waals surface area contributed by atoms with E-state index in [1.165, 1.54) is 0 Å². The molecule has 0 saturated heterocycles. The highest BCUT2D eigenvalue weighted by molar-refractivity contribution is 6.30. The first-order valence-corrected chi connectivity index (χ1v) is 11.9. The van der Waals surface area contributed by atoms with Crippen LogP contribution in [0.2, 0.25) is 5.02 Å². The molecule has 1 heterocycles. The largest absolute Gasteiger partial charge is 0.486 e. The van der Waals surface area contributed by atoms with Crippen molar-refractivity contribution in [1.29, 1.82) is 0 Å². The summed E-state index contributed by atoms with van der Waals surface area (Å²) >= 11 is 6.19. The minimum Gasteiger partial charge on any atom is -0.486 e. The number of hydrogen-bond donors (Lipinski definition) is 0. The topological polar surface area (TPSA) is 48.4 Å². The van der Waals surface area contributed by atoms with Gasteiger partial charge < -0.3 is 9.47 Å². The number of benzene rings is 2. The van der Waals surface area contributed by atoms with E-state index in [-0.39, 0.29) is 11.6 Å². The molecule has 0 unspecified atom stereocenters. The summed E-state index contributed by atoms with van der Waals surface area (Å²) in [5.41, 5.74) is 4.88. The van der Waals surface area contributed by atoms with Gasteiger partial charge in [-0.25, -0.2) is 4.98 Å². The number of ether oxygens (including phenoxy) is 2. The van der Waals surface area contributed by atoms with Gasteiger partial charge in [-0.15, -0.1) is 0 Å². The van der Waals surface area contributed by atoms with Gasteiger partial charge in [0.1, 0.15) is 17.0 Å². The molecule has 0 spiro atoms. The number of aromatic nitrogens is 1. The van der Waals surface area contributed by atoms with E-state index < -0.39 is 5.41 Å². The number of carbonyl (C=O) groups excluding carboxylic acids is 1. The summed E-state index contributed by atoms with van der Waals surface area (Å²) in [5, 5.41) is 1.64. The lowest BCUT2D eigenvalue weighted by atomic mass is 9.90. The van der Waals surface area contributed by atoms with Gasteiger partial charge in [0.15, 0.2) is 0 Å². The van der Waals surface area contributed by atoms with Crippen molar-refractivity contribution in [3.8, 4) is 16.9 Å². The number of pyridine rings is 1. The molecule has 0 saturated carbocycles. The fourth-order valence-corrected chi connectivity index (χ4v) is 3.90. The maximum atomic E-state index is 12.3. The second kappa shape index (κ2) is 9.79. The van der Waals surface area contributed by atoms with Crippen LogP contribution in [-0.2, 0) is 16.0 Å². The van der Waals surface area contributed by atoms with Crippen molar-refractivity contribution in [3.63, 3.8) is 0 Å². The molecule has 0 atom stereocenters. The molecule has 0 radical (unpaired) electrons. The monoisotopic (exact) mass is 479 g/mol. The van der Waals surface area contributed by atoms with Crippen LogP contribution in [0.5, 0.6) is 5.75 Å². The number of rotatable bonds is 6. The van der Waals surface area contributed by atoms with Crippen molar-refractivity contribution in [1.82, 2.24) is 4.98 Å². The van der Waals surface area contributed by atoms with Crippen LogP contribution in [0.15, 0.2) is 43.0 Å². The minimum atomic E-state index is -0.540. The van der Waals surface area contributed by atoms with Gasteiger partial charge in [-0.1, -0.05) is 30.3 Å². The SMILES string of the molecule is C=Cc1nc2cc(C)c(CCOC(=O)C(C)(C)C)c(-c3ccc(Cl)cc3)c2cc1OC(C)(C)C. The third-order valence-corrected chi connectivity index (χ3v) is 5.64. The first kappa shape index (κ1) is 25.8. The first-order valence-electron chi connectivity index (χ1n) is 11.5. The van der Waals surface area contributed by atoms with Crippen LogP contribution in [0.4, 0.5) is 0 Å². The van der Waals surface area contributed by atoms with Crippen LogP contribution in [0.3, 0.4) is 0 Å². The summed E-state index contributed by atoms with van der Waals surface area (Å²) in [6, 6.07) is 11.9. The van der Waals surface area contributed by atoms with E-state index in [1.54, 1.807) is 6.08 Å². The Kier molecular flexibility index (Phi) is 7.42. The third kappa shape index (κ3) is 5.98. The number of carbonyl (C=O) groups is 1. The smallest absolute Gasteiger partial charge is 0.311 e. The minimum absolute atomic E-state index is 0.211. The molecule has 5 heteroatoms. The molecule has 3 rings (SSSR count). The Labute approximate surface area is 208 Å². The quantitative estimate of drug-likeness (QED) is 0.338. The van der Waals surface area contributed by atoms with Crippen molar-refractivity contribution in [2.24, 2.45) is 5.41 Å².